The number of benzene rings is 1. The first-order valence-corrected chi connectivity index (χ1v) is 12.0. The Bertz CT molecular complexity index is 1180. The normalized spacial score (nSPS) is 11.7. The van der Waals surface area contributed by atoms with Gasteiger partial charge >= 0.3 is 12.1 Å². The maximum absolute atomic E-state index is 12.1. The number of carbonyl (C=O) groups is 2. The summed E-state index contributed by atoms with van der Waals surface area (Å²) in [5.41, 5.74) is 1.46. The molecule has 0 bridgehead atoms. The maximum atomic E-state index is 12.1. The summed E-state index contributed by atoms with van der Waals surface area (Å²) in [5, 5.41) is 17.1. The fourth-order valence-corrected chi connectivity index (χ4v) is 4.09. The Morgan fingerprint density at radius 1 is 1.24 bits per heavy atom. The van der Waals surface area contributed by atoms with E-state index in [1.54, 1.807) is 48.7 Å². The van der Waals surface area contributed by atoms with Crippen molar-refractivity contribution in [1.82, 2.24) is 9.97 Å². The molecule has 12 heteroatoms. The zero-order chi connectivity index (χ0) is 23.6. The largest absolute Gasteiger partial charge is 0.481 e. The summed E-state index contributed by atoms with van der Waals surface area (Å²) >= 11 is 1.55. The SMILES string of the molecule is CCOC(=O)N=[S-](=O)c1ccc(Nc2ncc(-c3cccs3)c(NCCCC(=O)O)n2)cc1. The van der Waals surface area contributed by atoms with Gasteiger partial charge in [0.1, 0.15) is 5.82 Å². The van der Waals surface area contributed by atoms with Crippen molar-refractivity contribution in [1.29, 1.82) is 0 Å². The number of amides is 1. The Balaban J connectivity index is 1.75. The maximum Gasteiger partial charge on any atom is 0.410 e. The van der Waals surface area contributed by atoms with E-state index in [1.165, 1.54) is 0 Å². The molecule has 2 aromatic heterocycles. The van der Waals surface area contributed by atoms with Crippen LogP contribution in [-0.4, -0.2) is 40.3 Å². The molecule has 1 amide bonds. The number of carbonyl (C=O) groups excluding carboxylic acids is 1. The average molecular weight is 489 g/mol. The third kappa shape index (κ3) is 7.26. The molecular weight excluding hydrogens is 466 g/mol. The van der Waals surface area contributed by atoms with Crippen LogP contribution in [0.4, 0.5) is 22.2 Å². The monoisotopic (exact) mass is 488 g/mol. The van der Waals surface area contributed by atoms with Crippen molar-refractivity contribution >= 4 is 51.4 Å². The minimum Gasteiger partial charge on any atom is -0.481 e. The number of carboxylic acids is 1. The van der Waals surface area contributed by atoms with Crippen LogP contribution in [0.15, 0.2) is 57.2 Å². The quantitative estimate of drug-likeness (QED) is 0.268. The van der Waals surface area contributed by atoms with Crippen LogP contribution in [0.1, 0.15) is 19.8 Å². The molecular formula is C21H22N5O5S2-. The molecule has 0 radical (unpaired) electrons. The Kier molecular flexibility index (Phi) is 8.72. The predicted molar refractivity (Wildman–Crippen MR) is 126 cm³/mol. The van der Waals surface area contributed by atoms with E-state index in [1.807, 2.05) is 17.5 Å². The fraction of sp³-hybridized carbons (Fsp3) is 0.238. The Labute approximate surface area is 196 Å². The lowest BCUT2D eigenvalue weighted by Crippen LogP contribution is -2.09. The molecule has 3 aromatic rings. The highest BCUT2D eigenvalue weighted by Gasteiger charge is 2.11. The Morgan fingerprint density at radius 3 is 2.70 bits per heavy atom. The van der Waals surface area contributed by atoms with Gasteiger partial charge in [0.15, 0.2) is 0 Å². The van der Waals surface area contributed by atoms with Gasteiger partial charge < -0.3 is 24.7 Å². The van der Waals surface area contributed by atoms with Crippen LogP contribution >= 0.6 is 11.3 Å². The number of aromatic nitrogens is 2. The standard InChI is InChI=1S/C21H22N5O5S2/c1-2-31-21(29)26-33(30)15-9-7-14(8-10-15)24-20-23-13-16(17-5-4-12-32-17)19(25-20)22-11-3-6-18(27)28/h4-5,7-10,12-13H,2-3,6,11H2,1H3,(H,27,28)(H2,22,23,24,25)/q-1. The highest BCUT2D eigenvalue weighted by Crippen LogP contribution is 2.31. The van der Waals surface area contributed by atoms with E-state index in [9.17, 15) is 13.8 Å². The highest BCUT2D eigenvalue weighted by molar-refractivity contribution is 7.75. The zero-order valence-electron chi connectivity index (χ0n) is 17.7. The number of thiophene rings is 1. The first-order chi connectivity index (χ1) is 16.0. The summed E-state index contributed by atoms with van der Waals surface area (Å²) < 4.78 is 20.2. The summed E-state index contributed by atoms with van der Waals surface area (Å²) in [6.07, 6.45) is 1.35. The van der Waals surface area contributed by atoms with Crippen molar-refractivity contribution in [3.63, 3.8) is 0 Å². The van der Waals surface area contributed by atoms with Crippen molar-refractivity contribution in [3.8, 4) is 10.4 Å². The summed E-state index contributed by atoms with van der Waals surface area (Å²) in [6, 6.07) is 10.4. The molecule has 0 unspecified atom stereocenters. The molecule has 0 saturated carbocycles. The lowest BCUT2D eigenvalue weighted by Gasteiger charge is -2.13. The molecule has 0 atom stereocenters. The van der Waals surface area contributed by atoms with Crippen molar-refractivity contribution in [2.75, 3.05) is 23.8 Å². The van der Waals surface area contributed by atoms with E-state index >= 15 is 0 Å². The molecule has 0 aliphatic carbocycles. The molecule has 1 aromatic carbocycles. The second-order valence-corrected chi connectivity index (χ2v) is 8.65. The van der Waals surface area contributed by atoms with Gasteiger partial charge in [0.2, 0.25) is 5.95 Å². The van der Waals surface area contributed by atoms with Crippen molar-refractivity contribution in [3.05, 3.63) is 48.0 Å². The molecule has 0 aliphatic rings. The molecule has 0 fully saturated rings. The molecule has 3 rings (SSSR count). The van der Waals surface area contributed by atoms with Gasteiger partial charge in [-0.25, -0.2) is 9.78 Å². The second-order valence-electron chi connectivity index (χ2n) is 6.55. The van der Waals surface area contributed by atoms with E-state index in [0.717, 1.165) is 10.4 Å². The van der Waals surface area contributed by atoms with Gasteiger partial charge in [-0.05, 0) is 36.9 Å². The second kappa shape index (κ2) is 11.9. The predicted octanol–water partition coefficient (Wildman–Crippen LogP) is 4.89. The number of nitrogens with one attached hydrogen (secondary N) is 2. The molecule has 33 heavy (non-hydrogen) atoms. The number of ether oxygens (including phenoxy) is 1. The van der Waals surface area contributed by atoms with Crippen LogP contribution in [0.5, 0.6) is 0 Å². The third-order valence-electron chi connectivity index (χ3n) is 4.17. The summed E-state index contributed by atoms with van der Waals surface area (Å²) in [6.45, 7) is 2.25. The number of hydrogen-bond donors (Lipinski definition) is 3. The van der Waals surface area contributed by atoms with Crippen LogP contribution < -0.4 is 10.6 Å². The molecule has 2 heterocycles. The van der Waals surface area contributed by atoms with Crippen LogP contribution in [0, 0.1) is 0 Å². The first kappa shape index (κ1) is 24.1. The topological polar surface area (TPSA) is 143 Å². The highest BCUT2D eigenvalue weighted by atomic mass is 32.2. The molecule has 174 valence electrons. The average Bonchev–Trinajstić information content (AvgIpc) is 3.32. The lowest BCUT2D eigenvalue weighted by molar-refractivity contribution is -0.137. The van der Waals surface area contributed by atoms with E-state index in [0.29, 0.717) is 35.3 Å². The minimum absolute atomic E-state index is 0.0632. The number of hydrogen-bond acceptors (Lipinski definition) is 10. The Hall–Kier alpha value is -3.51. The molecule has 10 nitrogen and oxygen atoms in total. The van der Waals surface area contributed by atoms with Crippen LogP contribution in [-0.2, 0) is 24.3 Å². The smallest absolute Gasteiger partial charge is 0.410 e. The van der Waals surface area contributed by atoms with Gasteiger partial charge in [0.25, 0.3) is 0 Å². The van der Waals surface area contributed by atoms with Gasteiger partial charge in [-0.2, -0.15) is 4.98 Å². The van der Waals surface area contributed by atoms with Gasteiger partial charge in [-0.1, -0.05) is 23.1 Å². The molecule has 0 spiro atoms. The van der Waals surface area contributed by atoms with Crippen molar-refractivity contribution in [2.45, 2.75) is 24.7 Å². The van der Waals surface area contributed by atoms with Gasteiger partial charge in [-0.3, -0.25) is 9.16 Å². The summed E-state index contributed by atoms with van der Waals surface area (Å²) in [7, 11) is -1.86. The summed E-state index contributed by atoms with van der Waals surface area (Å²) in [5.74, 6) is 0.0761. The third-order valence-corrected chi connectivity index (χ3v) is 6.07. The number of anilines is 3. The molecule has 3 N–H and O–H groups in total. The van der Waals surface area contributed by atoms with Crippen molar-refractivity contribution in [2.24, 2.45) is 4.36 Å². The summed E-state index contributed by atoms with van der Waals surface area (Å²) in [4.78, 5) is 32.4. The molecule has 0 saturated heterocycles. The number of aliphatic carboxylic acids is 1. The fourth-order valence-electron chi connectivity index (χ4n) is 2.69. The molecule has 0 aliphatic heterocycles. The van der Waals surface area contributed by atoms with Crippen LogP contribution in [0.3, 0.4) is 0 Å². The zero-order valence-corrected chi connectivity index (χ0v) is 19.3. The number of carboxylic acid groups (broad SMARTS) is 1. The van der Waals surface area contributed by atoms with E-state index < -0.39 is 22.7 Å². The first-order valence-electron chi connectivity index (χ1n) is 10.0. The van der Waals surface area contributed by atoms with E-state index in [4.69, 9.17) is 5.11 Å². The van der Waals surface area contributed by atoms with Crippen molar-refractivity contribution < 1.29 is 23.6 Å². The lowest BCUT2D eigenvalue weighted by atomic mass is 10.2. The van der Waals surface area contributed by atoms with Crippen LogP contribution in [0.25, 0.3) is 10.4 Å². The van der Waals surface area contributed by atoms with Gasteiger partial charge in [0.05, 0.1) is 12.2 Å². The van der Waals surface area contributed by atoms with Gasteiger partial charge in [0, 0.05) is 29.7 Å². The van der Waals surface area contributed by atoms with E-state index in [2.05, 4.69) is 29.7 Å². The Morgan fingerprint density at radius 2 is 2.03 bits per heavy atom. The number of rotatable bonds is 10. The van der Waals surface area contributed by atoms with Gasteiger partial charge in [-0.15, -0.1) is 21.9 Å². The number of nitrogens with zero attached hydrogens (tertiary/aromatic N) is 3. The van der Waals surface area contributed by atoms with Crippen LogP contribution in [0.2, 0.25) is 0 Å². The minimum atomic E-state index is -1.86. The van der Waals surface area contributed by atoms with E-state index in [-0.39, 0.29) is 13.0 Å².